The number of nitrogens with two attached hydrogens (primary N) is 1. The summed E-state index contributed by atoms with van der Waals surface area (Å²) in [5.74, 6) is -1.99. The summed E-state index contributed by atoms with van der Waals surface area (Å²) in [4.78, 5) is 26.3. The largest absolute Gasteiger partial charge is 0.494 e. The molecule has 2 heterocycles. The van der Waals surface area contributed by atoms with Crippen molar-refractivity contribution in [2.45, 2.75) is 6.92 Å². The van der Waals surface area contributed by atoms with E-state index in [0.29, 0.717) is 11.3 Å². The van der Waals surface area contributed by atoms with Crippen molar-refractivity contribution in [1.29, 1.82) is 10.7 Å². The zero-order valence-electron chi connectivity index (χ0n) is 19.5. The summed E-state index contributed by atoms with van der Waals surface area (Å²) in [6, 6.07) is 19.8. The number of hydrogen-bond donors (Lipinski definition) is 4. The summed E-state index contributed by atoms with van der Waals surface area (Å²) in [7, 11) is 0. The zero-order chi connectivity index (χ0) is 26.5. The third kappa shape index (κ3) is 5.02. The molecule has 0 aliphatic rings. The molecule has 0 aliphatic carbocycles. The van der Waals surface area contributed by atoms with Gasteiger partial charge in [0.2, 0.25) is 5.88 Å². The van der Waals surface area contributed by atoms with Gasteiger partial charge >= 0.3 is 5.97 Å². The van der Waals surface area contributed by atoms with Crippen LogP contribution in [0.15, 0.2) is 66.0 Å². The van der Waals surface area contributed by atoms with Crippen molar-refractivity contribution < 1.29 is 19.4 Å². The van der Waals surface area contributed by atoms with Gasteiger partial charge in [0, 0.05) is 16.6 Å². The molecule has 11 heteroatoms. The van der Waals surface area contributed by atoms with Crippen molar-refractivity contribution in [1.82, 2.24) is 4.57 Å². The Morgan fingerprint density at radius 1 is 1.16 bits per heavy atom. The summed E-state index contributed by atoms with van der Waals surface area (Å²) < 4.78 is 6.70. The van der Waals surface area contributed by atoms with E-state index in [-0.39, 0.29) is 37.4 Å². The number of benzene rings is 2. The topological polar surface area (TPSA) is 154 Å². The van der Waals surface area contributed by atoms with Gasteiger partial charge in [-0.1, -0.05) is 48.5 Å². The fraction of sp³-hybridized carbons (Fsp3) is 0.0769. The molecule has 9 nitrogen and oxygen atoms in total. The summed E-state index contributed by atoms with van der Waals surface area (Å²) in [5, 5.41) is 33.0. The standard InChI is InChI=1S/C26H21N5O4S2/c1-2-35-26(34)19-18(15-9-5-3-6-10-15)14-36-24(19)30-23(33)17(13-27)25-31(16-11-7-4-8-12-16)21(28)20(37-25)22(29)32/h3-12,14,28,32H,2,29H2,1H3,(H,30,33)/b22-20-,25-17-,28-21?. The van der Waals surface area contributed by atoms with E-state index in [2.05, 4.69) is 5.32 Å². The van der Waals surface area contributed by atoms with Crippen molar-refractivity contribution in [2.75, 3.05) is 11.9 Å². The lowest BCUT2D eigenvalue weighted by Crippen LogP contribution is -2.34. The van der Waals surface area contributed by atoms with Crippen LogP contribution < -0.4 is 25.7 Å². The molecule has 0 atom stereocenters. The molecule has 0 unspecified atom stereocenters. The number of ether oxygens (including phenoxy) is 1. The van der Waals surface area contributed by atoms with Crippen molar-refractivity contribution >= 4 is 51.0 Å². The van der Waals surface area contributed by atoms with Crippen LogP contribution in [0, 0.1) is 16.7 Å². The number of esters is 1. The summed E-state index contributed by atoms with van der Waals surface area (Å²) in [6.45, 7) is 1.83. The van der Waals surface area contributed by atoms with E-state index >= 15 is 0 Å². The number of carbonyl (C=O) groups excluding carboxylic acids is 2. The predicted octanol–water partition coefficient (Wildman–Crippen LogP) is 2.82. The Kier molecular flexibility index (Phi) is 7.52. The van der Waals surface area contributed by atoms with E-state index in [1.165, 1.54) is 4.57 Å². The number of aliphatic hydroxyl groups excluding tert-OH is 1. The van der Waals surface area contributed by atoms with Gasteiger partial charge in [-0.3, -0.25) is 14.8 Å². The fourth-order valence-corrected chi connectivity index (χ4v) is 5.57. The molecule has 0 saturated heterocycles. The molecular weight excluding hydrogens is 510 g/mol. The van der Waals surface area contributed by atoms with E-state index in [1.54, 1.807) is 42.6 Å². The molecule has 0 saturated carbocycles. The molecule has 0 aliphatic heterocycles. The maximum atomic E-state index is 13.4. The summed E-state index contributed by atoms with van der Waals surface area (Å²) in [5.41, 5.74) is 7.10. The van der Waals surface area contributed by atoms with Crippen LogP contribution in [-0.2, 0) is 9.53 Å². The number of anilines is 1. The second kappa shape index (κ2) is 10.9. The Balaban J connectivity index is 1.88. The Hall–Kier alpha value is -4.66. The van der Waals surface area contributed by atoms with Gasteiger partial charge in [0.15, 0.2) is 11.1 Å². The number of nitriles is 1. The lowest BCUT2D eigenvalue weighted by molar-refractivity contribution is -0.111. The Morgan fingerprint density at radius 2 is 1.81 bits per heavy atom. The number of carbonyl (C=O) groups is 2. The molecule has 186 valence electrons. The number of rotatable bonds is 6. The van der Waals surface area contributed by atoms with Crippen molar-refractivity contribution in [3.8, 4) is 22.9 Å². The zero-order valence-corrected chi connectivity index (χ0v) is 21.2. The van der Waals surface area contributed by atoms with Gasteiger partial charge < -0.3 is 20.9 Å². The second-order valence-corrected chi connectivity index (χ2v) is 9.40. The Bertz CT molecular complexity index is 1690. The molecule has 37 heavy (non-hydrogen) atoms. The number of aliphatic hydroxyl groups is 1. The first-order valence-electron chi connectivity index (χ1n) is 11.0. The highest BCUT2D eigenvalue weighted by Gasteiger charge is 2.25. The molecule has 2 aromatic carbocycles. The number of hydrogen-bond acceptors (Lipinski definition) is 9. The van der Waals surface area contributed by atoms with Gasteiger partial charge in [-0.15, -0.1) is 22.7 Å². The molecule has 4 aromatic rings. The third-order valence-corrected chi connectivity index (χ3v) is 7.30. The normalized spacial score (nSPS) is 12.3. The van der Waals surface area contributed by atoms with Crippen LogP contribution in [0.4, 0.5) is 5.00 Å². The highest BCUT2D eigenvalue weighted by Crippen LogP contribution is 2.36. The van der Waals surface area contributed by atoms with Gasteiger partial charge in [-0.2, -0.15) is 5.26 Å². The molecule has 0 fully saturated rings. The number of amides is 1. The third-order valence-electron chi connectivity index (χ3n) is 5.22. The van der Waals surface area contributed by atoms with Gasteiger partial charge in [0.25, 0.3) is 5.91 Å². The minimum absolute atomic E-state index is 0.00843. The SMILES string of the molecule is CCOC(=O)c1c(-c2ccccc2)csc1NC(=O)/C(C#N)=c1\s/c(=C(/N)O)c(=N)n1-c1ccccc1. The highest BCUT2D eigenvalue weighted by molar-refractivity contribution is 7.15. The minimum Gasteiger partial charge on any atom is -0.494 e. The molecule has 4 rings (SSSR count). The van der Waals surface area contributed by atoms with Crippen LogP contribution in [0.1, 0.15) is 17.3 Å². The van der Waals surface area contributed by atoms with Gasteiger partial charge in [0.1, 0.15) is 25.8 Å². The van der Waals surface area contributed by atoms with Crippen LogP contribution in [0.2, 0.25) is 0 Å². The number of aromatic nitrogens is 1. The number of nitrogens with zero attached hydrogens (tertiary/aromatic N) is 2. The highest BCUT2D eigenvalue weighted by atomic mass is 32.1. The van der Waals surface area contributed by atoms with Crippen LogP contribution in [0.3, 0.4) is 0 Å². The van der Waals surface area contributed by atoms with Crippen LogP contribution in [-0.4, -0.2) is 28.2 Å². The number of nitrogens with one attached hydrogen (secondary N) is 2. The van der Waals surface area contributed by atoms with Gasteiger partial charge in [0.05, 0.1) is 6.61 Å². The molecule has 5 N–H and O–H groups in total. The quantitative estimate of drug-likeness (QED) is 0.281. The molecular formula is C26H21N5O4S2. The molecule has 0 radical (unpaired) electrons. The van der Waals surface area contributed by atoms with Crippen molar-refractivity contribution in [3.63, 3.8) is 0 Å². The van der Waals surface area contributed by atoms with Gasteiger partial charge in [-0.25, -0.2) is 4.79 Å². The van der Waals surface area contributed by atoms with E-state index < -0.39 is 17.8 Å². The Labute approximate surface area is 219 Å². The summed E-state index contributed by atoms with van der Waals surface area (Å²) in [6.07, 6.45) is 0. The fourth-order valence-electron chi connectivity index (χ4n) is 3.60. The average Bonchev–Trinajstić information content (AvgIpc) is 3.47. The minimum atomic E-state index is -0.788. The molecule has 1 amide bonds. The van der Waals surface area contributed by atoms with Crippen LogP contribution in [0.25, 0.3) is 28.3 Å². The smallest absolute Gasteiger partial charge is 0.341 e. The van der Waals surface area contributed by atoms with E-state index in [0.717, 1.165) is 28.2 Å². The van der Waals surface area contributed by atoms with Crippen LogP contribution in [0.5, 0.6) is 0 Å². The first-order valence-corrected chi connectivity index (χ1v) is 12.7. The average molecular weight is 532 g/mol. The van der Waals surface area contributed by atoms with Gasteiger partial charge in [-0.05, 0) is 24.6 Å². The van der Waals surface area contributed by atoms with Crippen molar-refractivity contribution in [3.05, 3.63) is 86.3 Å². The number of thiazole rings is 1. The molecule has 0 spiro atoms. The lowest BCUT2D eigenvalue weighted by atomic mass is 10.0. The number of thiophene rings is 1. The van der Waals surface area contributed by atoms with E-state index in [4.69, 9.17) is 15.9 Å². The second-order valence-electron chi connectivity index (χ2n) is 7.52. The first-order chi connectivity index (χ1) is 17.9. The summed E-state index contributed by atoms with van der Waals surface area (Å²) >= 11 is 1.97. The first kappa shape index (κ1) is 25.4. The molecule has 0 bridgehead atoms. The van der Waals surface area contributed by atoms with E-state index in [1.807, 2.05) is 36.4 Å². The maximum Gasteiger partial charge on any atom is 0.341 e. The van der Waals surface area contributed by atoms with E-state index in [9.17, 15) is 20.0 Å². The Morgan fingerprint density at radius 3 is 2.41 bits per heavy atom. The molecule has 2 aromatic heterocycles. The van der Waals surface area contributed by atoms with Crippen molar-refractivity contribution in [2.24, 2.45) is 5.73 Å². The monoisotopic (exact) mass is 531 g/mol. The van der Waals surface area contributed by atoms with Crippen LogP contribution >= 0.6 is 22.7 Å². The lowest BCUT2D eigenvalue weighted by Gasteiger charge is -2.09. The predicted molar refractivity (Wildman–Crippen MR) is 142 cm³/mol. The number of para-hydroxylation sites is 1. The maximum absolute atomic E-state index is 13.4.